The van der Waals surface area contributed by atoms with Crippen molar-refractivity contribution in [1.29, 1.82) is 0 Å². The second-order valence-electron chi connectivity index (χ2n) is 13.7. The van der Waals surface area contributed by atoms with Crippen LogP contribution in [0.25, 0.3) is 9.69 Å². The molecule has 12 heteroatoms. The number of aryl methyl sites for hydroxylation is 2. The van der Waals surface area contributed by atoms with Gasteiger partial charge in [-0.3, -0.25) is 4.79 Å². The van der Waals surface area contributed by atoms with E-state index in [1.807, 2.05) is 47.6 Å². The molecule has 2 N–H and O–H groups in total. The van der Waals surface area contributed by atoms with Gasteiger partial charge in [0.25, 0.3) is 6.04 Å². The smallest absolute Gasteiger partial charge is 0.282 e. The number of aromatic nitrogens is 4. The van der Waals surface area contributed by atoms with Gasteiger partial charge in [-0.15, -0.1) is 0 Å². The highest BCUT2D eigenvalue weighted by Gasteiger charge is 2.56. The van der Waals surface area contributed by atoms with Crippen LogP contribution in [-0.2, 0) is 33.3 Å². The van der Waals surface area contributed by atoms with E-state index in [1.54, 1.807) is 5.48 Å². The molecule has 0 radical (unpaired) electrons. The van der Waals surface area contributed by atoms with Crippen LogP contribution in [0.4, 0.5) is 0 Å². The maximum Gasteiger partial charge on any atom is 0.282 e. The summed E-state index contributed by atoms with van der Waals surface area (Å²) in [4.78, 5) is 50.2. The lowest BCUT2D eigenvalue weighted by Gasteiger charge is -2.47. The first-order chi connectivity index (χ1) is 24.3. The third kappa shape index (κ3) is 7.15. The molecule has 0 saturated heterocycles. The lowest BCUT2D eigenvalue weighted by Crippen LogP contribution is -2.52. The van der Waals surface area contributed by atoms with E-state index in [4.69, 9.17) is 39.2 Å². The number of carbonyl (C=O) groups is 2. The zero-order chi connectivity index (χ0) is 38.3. The zero-order valence-corrected chi connectivity index (χ0v) is 31.2. The third-order valence-electron chi connectivity index (χ3n) is 10.8. The highest BCUT2D eigenvalue weighted by Crippen LogP contribution is 2.53. The SMILES string of the molecule is CNO.[3H]C.[C-]#[N+]C1=C[C@]2(C)c3nc(C)nc(OCC)c3CC[C@H]2[C@H](C)C1=O.[C-]#[N+]C1C[C@]2(C)c3nc(C)nc(OCC)c3CC[C@H]2[C@H](C)C1=O. The molecular weight excluding hydrogens is 634 g/mol. The predicted octanol–water partition coefficient (Wildman–Crippen LogP) is 6.16. The lowest BCUT2D eigenvalue weighted by molar-refractivity contribution is -0.129. The van der Waals surface area contributed by atoms with Crippen LogP contribution in [0.1, 0.15) is 104 Å². The fourth-order valence-electron chi connectivity index (χ4n) is 8.56. The molecule has 1 unspecified atom stereocenters. The van der Waals surface area contributed by atoms with Crippen molar-refractivity contribution < 1.29 is 25.6 Å². The Morgan fingerprint density at radius 2 is 1.44 bits per heavy atom. The number of ether oxygens (including phenoxy) is 2. The Balaban J connectivity index is 0.000000245. The summed E-state index contributed by atoms with van der Waals surface area (Å²) < 4.78 is 17.2. The van der Waals surface area contributed by atoms with E-state index >= 15 is 0 Å². The summed E-state index contributed by atoms with van der Waals surface area (Å²) in [5.41, 5.74) is 5.33. The van der Waals surface area contributed by atoms with Crippen LogP contribution in [0.2, 0.25) is 0 Å². The number of nitrogens with zero attached hydrogens (tertiary/aromatic N) is 6. The van der Waals surface area contributed by atoms with Gasteiger partial charge in [-0.05, 0) is 65.2 Å². The zero-order valence-electron chi connectivity index (χ0n) is 32.2. The fraction of sp³-hybridized carbons (Fsp3) is 0.632. The Hall–Kier alpha value is -4.26. The number of rotatable bonds is 4. The number of hydroxylamine groups is 1. The number of hydrogen-bond donors (Lipinski definition) is 2. The molecule has 2 heterocycles. The van der Waals surface area contributed by atoms with Crippen molar-refractivity contribution in [2.24, 2.45) is 23.7 Å². The Morgan fingerprint density at radius 1 is 0.940 bits per heavy atom. The third-order valence-corrected chi connectivity index (χ3v) is 10.8. The summed E-state index contributed by atoms with van der Waals surface area (Å²) in [6.45, 7) is 31.6. The quantitative estimate of drug-likeness (QED) is 0.283. The average molecular weight is 690 g/mol. The molecule has 0 aliphatic heterocycles. The molecule has 0 bridgehead atoms. The summed E-state index contributed by atoms with van der Waals surface area (Å²) in [7, 11) is 2.68. The van der Waals surface area contributed by atoms with Crippen molar-refractivity contribution in [3.8, 4) is 11.8 Å². The fourth-order valence-corrected chi connectivity index (χ4v) is 8.56. The van der Waals surface area contributed by atoms with Crippen LogP contribution >= 0.6 is 0 Å². The van der Waals surface area contributed by atoms with Gasteiger partial charge in [0.2, 0.25) is 23.2 Å². The van der Waals surface area contributed by atoms with Crippen molar-refractivity contribution in [3.63, 3.8) is 0 Å². The van der Waals surface area contributed by atoms with Gasteiger partial charge in [-0.25, -0.2) is 26.9 Å². The lowest BCUT2D eigenvalue weighted by atomic mass is 9.55. The van der Waals surface area contributed by atoms with Gasteiger partial charge < -0.3 is 24.3 Å². The molecule has 0 spiro atoms. The molecule has 1 fully saturated rings. The van der Waals surface area contributed by atoms with Crippen LogP contribution < -0.4 is 15.0 Å². The van der Waals surface area contributed by atoms with Crippen molar-refractivity contribution in [2.75, 3.05) is 20.3 Å². The van der Waals surface area contributed by atoms with E-state index in [0.29, 0.717) is 43.0 Å². The van der Waals surface area contributed by atoms with E-state index in [9.17, 15) is 9.59 Å². The van der Waals surface area contributed by atoms with Gasteiger partial charge in [-0.2, -0.15) is 9.97 Å². The number of allylic oxidation sites excluding steroid dienone is 2. The van der Waals surface area contributed by atoms with E-state index in [2.05, 4.69) is 33.5 Å². The monoisotopic (exact) mass is 689 g/mol. The van der Waals surface area contributed by atoms with E-state index < -0.39 is 11.5 Å². The standard InChI is InChI=1S/C18H23N3O2.C18H21N3O2.CH5NO.CH4/c2*1-6-23-17-12-7-8-13-10(2)15(22)14(19-5)9-18(13,4)16(12)20-11(3)21-17;1-2-3;/h10,13-14H,6-9H2,1-4H3;9-10,13H,6-8H2,1-4H3;2-3H,1H3;1H4/t10-,13-,14?,18-;10-,13-,18-;;/m00../s1/i;;;1T. The molecule has 2 aromatic heterocycles. The topological polar surface area (TPSA) is 145 Å². The molecule has 6 rings (SSSR count). The van der Waals surface area contributed by atoms with Crippen LogP contribution in [0.15, 0.2) is 11.8 Å². The van der Waals surface area contributed by atoms with Gasteiger partial charge in [0.1, 0.15) is 11.6 Å². The largest absolute Gasteiger partial charge is 0.478 e. The average Bonchev–Trinajstić information content (AvgIpc) is 3.10. The maximum absolute atomic E-state index is 12.4. The minimum atomic E-state index is -0.553. The molecule has 2 aromatic rings. The van der Waals surface area contributed by atoms with Crippen molar-refractivity contribution >= 4 is 11.6 Å². The van der Waals surface area contributed by atoms with Crippen LogP contribution in [0.3, 0.4) is 0 Å². The highest BCUT2D eigenvalue weighted by atomic mass is 16.5. The normalized spacial score (nSPS) is 28.9. The second kappa shape index (κ2) is 16.2. The van der Waals surface area contributed by atoms with Crippen molar-refractivity contribution in [3.05, 3.63) is 68.8 Å². The first kappa shape index (κ1) is 38.5. The summed E-state index contributed by atoms with van der Waals surface area (Å²) in [5, 5.41) is 7.32. The maximum atomic E-state index is 12.4. The molecule has 270 valence electrons. The summed E-state index contributed by atoms with van der Waals surface area (Å²) in [6.07, 6.45) is 5.83. The van der Waals surface area contributed by atoms with Gasteiger partial charge in [-0.1, -0.05) is 41.2 Å². The van der Waals surface area contributed by atoms with Gasteiger partial charge in [0.05, 0.1) is 31.2 Å². The molecular formula is C38H53N7O5. The first-order valence-electron chi connectivity index (χ1n) is 18.1. The van der Waals surface area contributed by atoms with Gasteiger partial charge in [0, 0.05) is 48.6 Å². The number of hydrogen-bond acceptors (Lipinski definition) is 10. The van der Waals surface area contributed by atoms with E-state index in [-0.39, 0.29) is 46.4 Å². The molecule has 7 atom stereocenters. The minimum Gasteiger partial charge on any atom is -0.478 e. The minimum absolute atomic E-state index is 0.0401. The van der Waals surface area contributed by atoms with Crippen LogP contribution in [0.5, 0.6) is 11.8 Å². The summed E-state index contributed by atoms with van der Waals surface area (Å²) >= 11 is 0. The summed E-state index contributed by atoms with van der Waals surface area (Å²) in [6, 6.07) is -0.553. The molecule has 50 heavy (non-hydrogen) atoms. The Bertz CT molecular complexity index is 1720. The predicted molar refractivity (Wildman–Crippen MR) is 190 cm³/mol. The molecule has 0 amide bonds. The molecule has 1 saturated carbocycles. The Kier molecular flexibility index (Phi) is 12.5. The molecule has 12 nitrogen and oxygen atoms in total. The highest BCUT2D eigenvalue weighted by molar-refractivity contribution is 6.00. The van der Waals surface area contributed by atoms with Crippen molar-refractivity contribution in [1.82, 2.24) is 25.4 Å². The number of ketones is 2. The molecule has 4 aliphatic rings. The molecule has 0 aromatic carbocycles. The van der Waals surface area contributed by atoms with Crippen LogP contribution in [0, 0.1) is 50.7 Å². The second-order valence-corrected chi connectivity index (χ2v) is 13.7. The van der Waals surface area contributed by atoms with E-state index in [0.717, 1.165) is 48.2 Å². The molecule has 4 aliphatic carbocycles. The number of carbonyl (C=O) groups excluding carboxylic acids is 2. The summed E-state index contributed by atoms with van der Waals surface area (Å²) in [5.74, 6) is 2.90. The Labute approximate surface area is 298 Å². The van der Waals surface area contributed by atoms with Gasteiger partial charge >= 0.3 is 0 Å². The van der Waals surface area contributed by atoms with Gasteiger partial charge in [0.15, 0.2) is 5.78 Å². The Morgan fingerprint density at radius 3 is 1.94 bits per heavy atom. The van der Waals surface area contributed by atoms with Crippen molar-refractivity contribution in [2.45, 2.75) is 112 Å². The number of Topliss-reactive ketones (excluding diaryl/α,β-unsaturated/α-hetero) is 2. The number of fused-ring (bicyclic) bond motifs is 6. The van der Waals surface area contributed by atoms with Crippen LogP contribution in [-0.4, -0.2) is 63.0 Å². The number of nitrogens with one attached hydrogen (secondary N) is 1. The first-order valence-corrected chi connectivity index (χ1v) is 17.1. The van der Waals surface area contributed by atoms with E-state index in [1.165, 1.54) is 14.5 Å².